The maximum Gasteiger partial charge on any atom is 0.250 e. The van der Waals surface area contributed by atoms with Gasteiger partial charge >= 0.3 is 0 Å². The summed E-state index contributed by atoms with van der Waals surface area (Å²) in [4.78, 5) is 57.0. The summed E-state index contributed by atoms with van der Waals surface area (Å²) in [6, 6.07) is 13.6. The summed E-state index contributed by atoms with van der Waals surface area (Å²) in [6.07, 6.45) is 7.82. The first kappa shape index (κ1) is 28.6. The molecule has 5 rings (SSSR count). The maximum atomic E-state index is 13.9. The second-order valence-electron chi connectivity index (χ2n) is 11.2. The van der Waals surface area contributed by atoms with Gasteiger partial charge in [-0.05, 0) is 61.9 Å². The zero-order valence-electron chi connectivity index (χ0n) is 23.2. The first-order chi connectivity index (χ1) is 19.8. The summed E-state index contributed by atoms with van der Waals surface area (Å²) in [5.41, 5.74) is 5.96. The number of amides is 4. The molecule has 0 bridgehead atoms. The molecule has 9 nitrogen and oxygen atoms in total. The molecular weight excluding hydrogens is 525 g/mol. The molecule has 1 saturated carbocycles. The lowest BCUT2D eigenvalue weighted by Gasteiger charge is -2.43. The Bertz CT molecular complexity index is 1290. The highest BCUT2D eigenvalue weighted by Crippen LogP contribution is 2.39. The molecule has 3 fully saturated rings. The van der Waals surface area contributed by atoms with Gasteiger partial charge in [0.15, 0.2) is 0 Å². The standard InChI is InChI=1S/C31H37FN5O4/c32-23-13-11-22(26(19-23)29(33)40)12-14-28(39)35-17-15-31(16-18-35)30(41)36(21-37(31)25-9-5-2-6-10-25)20-27(38)34-24-7-3-1-4-8-24/h2,5-6,9-11,13-14,19,24H,1,3-4,7-8,12,15-18,20-21H2,(H2,33,40)(H,34,38). The number of anilines is 1. The quantitative estimate of drug-likeness (QED) is 0.514. The lowest BCUT2D eigenvalue weighted by atomic mass is 9.85. The van der Waals surface area contributed by atoms with Crippen molar-refractivity contribution in [3.63, 3.8) is 0 Å². The fourth-order valence-corrected chi connectivity index (χ4v) is 6.40. The van der Waals surface area contributed by atoms with Crippen molar-refractivity contribution in [2.45, 2.75) is 62.9 Å². The van der Waals surface area contributed by atoms with Crippen molar-refractivity contribution in [1.29, 1.82) is 0 Å². The van der Waals surface area contributed by atoms with Crippen LogP contribution in [0.15, 0.2) is 48.5 Å². The van der Waals surface area contributed by atoms with Crippen LogP contribution in [0.2, 0.25) is 0 Å². The predicted molar refractivity (Wildman–Crippen MR) is 152 cm³/mol. The van der Waals surface area contributed by atoms with Crippen LogP contribution in [0.4, 0.5) is 10.1 Å². The number of rotatable bonds is 8. The Labute approximate surface area is 239 Å². The van der Waals surface area contributed by atoms with Crippen LogP contribution in [0, 0.1) is 12.2 Å². The van der Waals surface area contributed by atoms with Gasteiger partial charge < -0.3 is 25.8 Å². The average Bonchev–Trinajstić information content (AvgIpc) is 3.23. The van der Waals surface area contributed by atoms with E-state index in [1.165, 1.54) is 25.0 Å². The highest BCUT2D eigenvalue weighted by atomic mass is 19.1. The number of benzene rings is 2. The molecule has 2 aliphatic heterocycles. The zero-order valence-corrected chi connectivity index (χ0v) is 23.2. The molecule has 2 saturated heterocycles. The summed E-state index contributed by atoms with van der Waals surface area (Å²) in [7, 11) is 0. The van der Waals surface area contributed by atoms with E-state index in [9.17, 15) is 23.6 Å². The van der Waals surface area contributed by atoms with Crippen LogP contribution >= 0.6 is 0 Å². The van der Waals surface area contributed by atoms with Crippen molar-refractivity contribution in [3.8, 4) is 0 Å². The summed E-state index contributed by atoms with van der Waals surface area (Å²) < 4.78 is 13.6. The molecule has 41 heavy (non-hydrogen) atoms. The molecule has 1 spiro atoms. The van der Waals surface area contributed by atoms with E-state index in [0.717, 1.165) is 37.4 Å². The Morgan fingerprint density at radius 2 is 1.73 bits per heavy atom. The number of nitrogens with one attached hydrogen (secondary N) is 1. The molecule has 0 aromatic heterocycles. The monoisotopic (exact) mass is 562 g/mol. The minimum Gasteiger partial charge on any atom is -0.366 e. The van der Waals surface area contributed by atoms with E-state index >= 15 is 0 Å². The van der Waals surface area contributed by atoms with Crippen LogP contribution in [-0.2, 0) is 20.8 Å². The highest BCUT2D eigenvalue weighted by molar-refractivity contribution is 5.97. The zero-order chi connectivity index (χ0) is 29.0. The Morgan fingerprint density at radius 1 is 1.02 bits per heavy atom. The van der Waals surface area contributed by atoms with Gasteiger partial charge in [0, 0.05) is 30.4 Å². The van der Waals surface area contributed by atoms with Crippen LogP contribution < -0.4 is 16.0 Å². The van der Waals surface area contributed by atoms with Crippen molar-refractivity contribution in [2.24, 2.45) is 5.73 Å². The van der Waals surface area contributed by atoms with E-state index in [1.807, 2.05) is 30.3 Å². The van der Waals surface area contributed by atoms with Crippen molar-refractivity contribution >= 4 is 29.3 Å². The van der Waals surface area contributed by atoms with Gasteiger partial charge in [0.05, 0.1) is 13.1 Å². The number of nitrogens with zero attached hydrogens (tertiary/aromatic N) is 3. The van der Waals surface area contributed by atoms with Gasteiger partial charge in [0.25, 0.3) is 5.91 Å². The Kier molecular flexibility index (Phi) is 8.56. The van der Waals surface area contributed by atoms with Gasteiger partial charge in [-0.15, -0.1) is 0 Å². The summed E-state index contributed by atoms with van der Waals surface area (Å²) in [6.45, 7) is 1.04. The van der Waals surface area contributed by atoms with Crippen LogP contribution in [0.3, 0.4) is 0 Å². The molecule has 0 atom stereocenters. The number of nitrogens with two attached hydrogens (primary N) is 1. The number of hydrogen-bond donors (Lipinski definition) is 2. The normalized spacial score (nSPS) is 19.0. The molecule has 1 radical (unpaired) electrons. The number of para-hydroxylation sites is 1. The van der Waals surface area contributed by atoms with Gasteiger partial charge in [-0.3, -0.25) is 19.2 Å². The molecule has 4 amide bonds. The van der Waals surface area contributed by atoms with Gasteiger partial charge in [-0.2, -0.15) is 0 Å². The topological polar surface area (TPSA) is 116 Å². The van der Waals surface area contributed by atoms with E-state index in [4.69, 9.17) is 5.73 Å². The SMILES string of the molecule is NC(=O)c1cc(F)ccc1C[CH]C(=O)N1CCC2(CC1)C(=O)N(CC(=O)NC1CCCCC1)CN2c1ccccc1. The number of carbonyl (C=O) groups excluding carboxylic acids is 4. The van der Waals surface area contributed by atoms with E-state index in [1.54, 1.807) is 9.80 Å². The lowest BCUT2D eigenvalue weighted by molar-refractivity contribution is -0.139. The second-order valence-corrected chi connectivity index (χ2v) is 11.2. The molecule has 2 aromatic carbocycles. The van der Waals surface area contributed by atoms with Gasteiger partial charge in [-0.1, -0.05) is 43.5 Å². The van der Waals surface area contributed by atoms with Crippen molar-refractivity contribution in [1.82, 2.24) is 15.1 Å². The van der Waals surface area contributed by atoms with Crippen molar-refractivity contribution < 1.29 is 23.6 Å². The van der Waals surface area contributed by atoms with E-state index in [0.29, 0.717) is 38.2 Å². The Morgan fingerprint density at radius 3 is 2.41 bits per heavy atom. The molecular formula is C31H37FN5O4. The number of halogens is 1. The van der Waals surface area contributed by atoms with Gasteiger partial charge in [-0.25, -0.2) is 4.39 Å². The third-order valence-electron chi connectivity index (χ3n) is 8.62. The number of carbonyl (C=O) groups is 4. The first-order valence-corrected chi connectivity index (χ1v) is 14.4. The number of hydrogen-bond acceptors (Lipinski definition) is 5. The highest BCUT2D eigenvalue weighted by Gasteiger charge is 2.54. The Balaban J connectivity index is 1.25. The van der Waals surface area contributed by atoms with Gasteiger partial charge in [0.2, 0.25) is 17.7 Å². The molecule has 2 aromatic rings. The summed E-state index contributed by atoms with van der Waals surface area (Å²) in [5, 5.41) is 3.12. The number of primary amides is 1. The van der Waals surface area contributed by atoms with E-state index in [2.05, 4.69) is 10.2 Å². The minimum absolute atomic E-state index is 0.0106. The molecule has 1 aliphatic carbocycles. The molecule has 217 valence electrons. The fraction of sp³-hybridized carbons (Fsp3) is 0.452. The largest absolute Gasteiger partial charge is 0.366 e. The third kappa shape index (κ3) is 6.21. The minimum atomic E-state index is -0.848. The Hall–Kier alpha value is -3.95. The average molecular weight is 563 g/mol. The van der Waals surface area contributed by atoms with Crippen LogP contribution in [0.1, 0.15) is 60.9 Å². The third-order valence-corrected chi connectivity index (χ3v) is 8.62. The van der Waals surface area contributed by atoms with Crippen LogP contribution in [-0.4, -0.2) is 71.3 Å². The predicted octanol–water partition coefficient (Wildman–Crippen LogP) is 2.79. The van der Waals surface area contributed by atoms with Crippen LogP contribution in [0.5, 0.6) is 0 Å². The smallest absolute Gasteiger partial charge is 0.250 e. The first-order valence-electron chi connectivity index (χ1n) is 14.4. The fourth-order valence-electron chi connectivity index (χ4n) is 6.40. The van der Waals surface area contributed by atoms with Crippen LogP contribution in [0.25, 0.3) is 0 Å². The van der Waals surface area contributed by atoms with E-state index < -0.39 is 17.3 Å². The van der Waals surface area contributed by atoms with Crippen molar-refractivity contribution in [3.05, 3.63) is 71.9 Å². The lowest BCUT2D eigenvalue weighted by Crippen LogP contribution is -2.57. The molecule has 2 heterocycles. The van der Waals surface area contributed by atoms with E-state index in [-0.39, 0.29) is 42.3 Å². The molecule has 3 N–H and O–H groups in total. The van der Waals surface area contributed by atoms with Crippen molar-refractivity contribution in [2.75, 3.05) is 31.2 Å². The number of likely N-dealkylation sites (tertiary alicyclic amines) is 1. The molecule has 3 aliphatic rings. The molecule has 10 heteroatoms. The summed E-state index contributed by atoms with van der Waals surface area (Å²) in [5.74, 6) is -1.76. The number of piperidine rings is 1. The van der Waals surface area contributed by atoms with Gasteiger partial charge in [0.1, 0.15) is 17.9 Å². The maximum absolute atomic E-state index is 13.9. The molecule has 0 unspecified atom stereocenters. The summed E-state index contributed by atoms with van der Waals surface area (Å²) >= 11 is 0. The second kappa shape index (κ2) is 12.3.